The van der Waals surface area contributed by atoms with E-state index in [9.17, 15) is 0 Å². The van der Waals surface area contributed by atoms with Gasteiger partial charge in [0.15, 0.2) is 0 Å². The molecule has 1 aliphatic heterocycles. The quantitative estimate of drug-likeness (QED) is 0.879. The van der Waals surface area contributed by atoms with E-state index in [2.05, 4.69) is 43.4 Å². The molecule has 0 radical (unpaired) electrons. The minimum Gasteiger partial charge on any atom is -0.377 e. The number of nitrogens with one attached hydrogen (secondary N) is 1. The van der Waals surface area contributed by atoms with Gasteiger partial charge in [-0.15, -0.1) is 12.4 Å². The van der Waals surface area contributed by atoms with E-state index < -0.39 is 0 Å². The highest BCUT2D eigenvalue weighted by Crippen LogP contribution is 2.13. The van der Waals surface area contributed by atoms with Crippen LogP contribution in [0.3, 0.4) is 0 Å². The van der Waals surface area contributed by atoms with Gasteiger partial charge in [-0.25, -0.2) is 0 Å². The first-order chi connectivity index (χ1) is 7.25. The summed E-state index contributed by atoms with van der Waals surface area (Å²) in [5.74, 6) is 0. The van der Waals surface area contributed by atoms with Gasteiger partial charge >= 0.3 is 0 Å². The van der Waals surface area contributed by atoms with Crippen LogP contribution < -0.4 is 5.32 Å². The third kappa shape index (κ3) is 3.48. The minimum absolute atomic E-state index is 0. The molecule has 0 aromatic heterocycles. The highest BCUT2D eigenvalue weighted by Gasteiger charge is 2.22. The molecule has 90 valence electrons. The summed E-state index contributed by atoms with van der Waals surface area (Å²) in [6.07, 6.45) is 1.49. The van der Waals surface area contributed by atoms with E-state index in [4.69, 9.17) is 4.74 Å². The second kappa shape index (κ2) is 6.24. The van der Waals surface area contributed by atoms with Crippen molar-refractivity contribution in [2.24, 2.45) is 0 Å². The molecule has 0 amide bonds. The Morgan fingerprint density at radius 2 is 2.00 bits per heavy atom. The number of benzene rings is 1. The zero-order chi connectivity index (χ0) is 10.7. The molecule has 0 aliphatic carbocycles. The lowest BCUT2D eigenvalue weighted by molar-refractivity contribution is 0.113. The summed E-state index contributed by atoms with van der Waals surface area (Å²) < 4.78 is 5.51. The van der Waals surface area contributed by atoms with Crippen LogP contribution in [-0.2, 0) is 11.3 Å². The van der Waals surface area contributed by atoms with E-state index in [1.165, 1.54) is 11.1 Å². The zero-order valence-electron chi connectivity index (χ0n) is 9.90. The van der Waals surface area contributed by atoms with Crippen molar-refractivity contribution >= 4 is 12.4 Å². The molecule has 1 aromatic carbocycles. The molecule has 2 atom stereocenters. The Bertz CT molecular complexity index is 312. The summed E-state index contributed by atoms with van der Waals surface area (Å²) in [7, 11) is 0. The summed E-state index contributed by atoms with van der Waals surface area (Å²) in [4.78, 5) is 0. The maximum atomic E-state index is 5.51. The molecule has 1 aliphatic rings. The van der Waals surface area contributed by atoms with Gasteiger partial charge in [-0.05, 0) is 25.8 Å². The van der Waals surface area contributed by atoms with E-state index in [-0.39, 0.29) is 12.4 Å². The molecule has 2 unspecified atom stereocenters. The zero-order valence-corrected chi connectivity index (χ0v) is 10.7. The number of hydrogen-bond donors (Lipinski definition) is 1. The second-order valence-electron chi connectivity index (χ2n) is 4.34. The van der Waals surface area contributed by atoms with Gasteiger partial charge in [0.25, 0.3) is 0 Å². The fourth-order valence-corrected chi connectivity index (χ4v) is 1.95. The highest BCUT2D eigenvalue weighted by atomic mass is 35.5. The van der Waals surface area contributed by atoms with Gasteiger partial charge < -0.3 is 10.1 Å². The van der Waals surface area contributed by atoms with Crippen LogP contribution in [-0.4, -0.2) is 18.8 Å². The second-order valence-corrected chi connectivity index (χ2v) is 4.34. The SMILES string of the molecule is Cc1ccc(CNC2CCOC2C)cc1.Cl. The molecule has 2 nitrogen and oxygen atoms in total. The standard InChI is InChI=1S/C13H19NO.ClH/c1-10-3-5-12(6-4-10)9-14-13-7-8-15-11(13)2;/h3-6,11,13-14H,7-9H2,1-2H3;1H. The number of ether oxygens (including phenoxy) is 1. The number of hydrogen-bond acceptors (Lipinski definition) is 2. The van der Waals surface area contributed by atoms with Crippen LogP contribution in [0.15, 0.2) is 24.3 Å². The summed E-state index contributed by atoms with van der Waals surface area (Å²) in [5, 5.41) is 3.54. The van der Waals surface area contributed by atoms with Crippen molar-refractivity contribution in [3.05, 3.63) is 35.4 Å². The van der Waals surface area contributed by atoms with Crippen LogP contribution in [0.5, 0.6) is 0 Å². The maximum Gasteiger partial charge on any atom is 0.0700 e. The Balaban J connectivity index is 0.00000128. The smallest absolute Gasteiger partial charge is 0.0700 e. The van der Waals surface area contributed by atoms with Crippen LogP contribution in [0.4, 0.5) is 0 Å². The Labute approximate surface area is 104 Å². The fraction of sp³-hybridized carbons (Fsp3) is 0.538. The molecule has 0 bridgehead atoms. The fourth-order valence-electron chi connectivity index (χ4n) is 1.95. The van der Waals surface area contributed by atoms with Crippen LogP contribution >= 0.6 is 12.4 Å². The predicted molar refractivity (Wildman–Crippen MR) is 69.1 cm³/mol. The lowest BCUT2D eigenvalue weighted by Crippen LogP contribution is -2.34. The van der Waals surface area contributed by atoms with Crippen LogP contribution in [0.2, 0.25) is 0 Å². The van der Waals surface area contributed by atoms with Crippen molar-refractivity contribution in [3.8, 4) is 0 Å². The molecule has 3 heteroatoms. The monoisotopic (exact) mass is 241 g/mol. The van der Waals surface area contributed by atoms with Crippen molar-refractivity contribution in [1.29, 1.82) is 0 Å². The average molecular weight is 242 g/mol. The van der Waals surface area contributed by atoms with Crippen molar-refractivity contribution in [3.63, 3.8) is 0 Å². The molecule has 1 saturated heterocycles. The van der Waals surface area contributed by atoms with E-state index >= 15 is 0 Å². The average Bonchev–Trinajstić information content (AvgIpc) is 2.63. The lowest BCUT2D eigenvalue weighted by Gasteiger charge is -2.15. The van der Waals surface area contributed by atoms with Gasteiger partial charge in [0.1, 0.15) is 0 Å². The van der Waals surface area contributed by atoms with E-state index in [0.29, 0.717) is 12.1 Å². The van der Waals surface area contributed by atoms with E-state index in [1.807, 2.05) is 0 Å². The van der Waals surface area contributed by atoms with Crippen LogP contribution in [0.25, 0.3) is 0 Å². The van der Waals surface area contributed by atoms with Gasteiger partial charge in [-0.1, -0.05) is 29.8 Å². The first kappa shape index (κ1) is 13.5. The summed E-state index contributed by atoms with van der Waals surface area (Å²) in [6, 6.07) is 9.20. The van der Waals surface area contributed by atoms with Gasteiger partial charge in [0, 0.05) is 19.2 Å². The lowest BCUT2D eigenvalue weighted by atomic mass is 10.1. The molecule has 1 N–H and O–H groups in total. The molecule has 16 heavy (non-hydrogen) atoms. The maximum absolute atomic E-state index is 5.51. The molecule has 1 aromatic rings. The summed E-state index contributed by atoms with van der Waals surface area (Å²) >= 11 is 0. The van der Waals surface area contributed by atoms with Crippen molar-refractivity contribution < 1.29 is 4.74 Å². The van der Waals surface area contributed by atoms with Crippen molar-refractivity contribution in [2.75, 3.05) is 6.61 Å². The number of halogens is 1. The Morgan fingerprint density at radius 3 is 2.56 bits per heavy atom. The van der Waals surface area contributed by atoms with Crippen LogP contribution in [0.1, 0.15) is 24.5 Å². The number of rotatable bonds is 3. The molecule has 1 fully saturated rings. The predicted octanol–water partition coefficient (Wildman–Crippen LogP) is 2.68. The largest absolute Gasteiger partial charge is 0.377 e. The van der Waals surface area contributed by atoms with E-state index in [1.54, 1.807) is 0 Å². The highest BCUT2D eigenvalue weighted by molar-refractivity contribution is 5.85. The Kier molecular flexibility index (Phi) is 5.26. The number of aryl methyl sites for hydroxylation is 1. The third-order valence-electron chi connectivity index (χ3n) is 3.07. The Morgan fingerprint density at radius 1 is 1.31 bits per heavy atom. The molecule has 2 rings (SSSR count). The molecule has 0 saturated carbocycles. The van der Waals surface area contributed by atoms with Crippen LogP contribution in [0, 0.1) is 6.92 Å². The van der Waals surface area contributed by atoms with Crippen molar-refractivity contribution in [2.45, 2.75) is 39.0 Å². The summed E-state index contributed by atoms with van der Waals surface area (Å²) in [5.41, 5.74) is 2.66. The first-order valence-corrected chi connectivity index (χ1v) is 5.66. The van der Waals surface area contributed by atoms with Gasteiger partial charge in [-0.3, -0.25) is 0 Å². The van der Waals surface area contributed by atoms with Gasteiger partial charge in [0.05, 0.1) is 6.10 Å². The van der Waals surface area contributed by atoms with E-state index in [0.717, 1.165) is 19.6 Å². The minimum atomic E-state index is 0. The Hall–Kier alpha value is -0.570. The van der Waals surface area contributed by atoms with Gasteiger partial charge in [0.2, 0.25) is 0 Å². The molecular weight excluding hydrogens is 222 g/mol. The molecular formula is C13H20ClNO. The van der Waals surface area contributed by atoms with Gasteiger partial charge in [-0.2, -0.15) is 0 Å². The first-order valence-electron chi connectivity index (χ1n) is 5.66. The normalized spacial score (nSPS) is 24.1. The molecule has 1 heterocycles. The topological polar surface area (TPSA) is 21.3 Å². The van der Waals surface area contributed by atoms with Crippen molar-refractivity contribution in [1.82, 2.24) is 5.32 Å². The molecule has 0 spiro atoms. The third-order valence-corrected chi connectivity index (χ3v) is 3.07. The summed E-state index contributed by atoms with van der Waals surface area (Å²) in [6.45, 7) is 6.09.